The molecule has 0 saturated heterocycles. The van der Waals surface area contributed by atoms with Crippen LogP contribution in [0.2, 0.25) is 18.1 Å². The Hall–Kier alpha value is -0.493. The summed E-state index contributed by atoms with van der Waals surface area (Å²) in [6.07, 6.45) is -4.16. The van der Waals surface area contributed by atoms with Gasteiger partial charge in [-0.1, -0.05) is 48.5 Å². The van der Waals surface area contributed by atoms with E-state index in [9.17, 15) is 18.3 Å². The van der Waals surface area contributed by atoms with Crippen LogP contribution in [0, 0.1) is 8.99 Å². The molecule has 2 heterocycles. The number of aromatic nitrogens is 1. The molecule has 0 saturated carbocycles. The minimum atomic E-state index is -4.43. The van der Waals surface area contributed by atoms with Crippen molar-refractivity contribution in [2.45, 2.75) is 104 Å². The van der Waals surface area contributed by atoms with Gasteiger partial charge in [0.2, 0.25) is 0 Å². The molecule has 2 aromatic rings. The van der Waals surface area contributed by atoms with Gasteiger partial charge in [-0.05, 0) is 77.0 Å². The average Bonchev–Trinajstić information content (AvgIpc) is 3.15. The number of thiophene rings is 1. The van der Waals surface area contributed by atoms with E-state index in [1.54, 1.807) is 0 Å². The molecule has 196 valence electrons. The zero-order valence-corrected chi connectivity index (χ0v) is 26.0. The summed E-state index contributed by atoms with van der Waals surface area (Å²) in [5.41, 5.74) is 3.33. The molecule has 2 atom stereocenters. The number of hydrogen-bond donors (Lipinski definition) is 1. The zero-order valence-electron chi connectivity index (χ0n) is 22.0. The molecule has 1 N–H and O–H groups in total. The maximum Gasteiger partial charge on any atom is 0.425 e. The van der Waals surface area contributed by atoms with E-state index in [4.69, 9.17) is 9.41 Å². The first-order valence-electron chi connectivity index (χ1n) is 12.0. The van der Waals surface area contributed by atoms with Gasteiger partial charge in [-0.2, -0.15) is 13.2 Å². The number of hydrogen-bond acceptors (Lipinski definition) is 4. The fourth-order valence-electron chi connectivity index (χ4n) is 4.37. The Bertz CT molecular complexity index is 1090. The molecule has 2 aromatic heterocycles. The fraction of sp³-hybridized carbons (Fsp3) is 0.654. The van der Waals surface area contributed by atoms with Crippen molar-refractivity contribution in [3.63, 3.8) is 0 Å². The van der Waals surface area contributed by atoms with Gasteiger partial charge in [0.1, 0.15) is 11.0 Å². The summed E-state index contributed by atoms with van der Waals surface area (Å²) in [4.78, 5) is 4.63. The Balaban J connectivity index is 2.20. The fourth-order valence-corrected chi connectivity index (χ4v) is 7.74. The van der Waals surface area contributed by atoms with Gasteiger partial charge >= 0.3 is 6.18 Å². The summed E-state index contributed by atoms with van der Waals surface area (Å²) in [5.74, 6) is 0.00492. The maximum absolute atomic E-state index is 13.3. The second-order valence-electron chi connectivity index (χ2n) is 12.3. The third kappa shape index (κ3) is 5.99. The molecule has 1 unspecified atom stereocenters. The highest BCUT2D eigenvalue weighted by atomic mass is 127. The number of pyridine rings is 1. The van der Waals surface area contributed by atoms with Crippen LogP contribution in [0.1, 0.15) is 105 Å². The first-order valence-corrected chi connectivity index (χ1v) is 16.8. The first-order chi connectivity index (χ1) is 15.7. The molecule has 3 rings (SSSR count). The molecule has 0 aromatic carbocycles. The minimum absolute atomic E-state index is 0.000144. The van der Waals surface area contributed by atoms with Crippen molar-refractivity contribution in [2.24, 2.45) is 5.41 Å². The molecule has 35 heavy (non-hydrogen) atoms. The van der Waals surface area contributed by atoms with Crippen molar-refractivity contribution >= 4 is 42.2 Å². The highest BCUT2D eigenvalue weighted by Crippen LogP contribution is 2.50. The van der Waals surface area contributed by atoms with Crippen molar-refractivity contribution in [3.05, 3.63) is 48.0 Å². The molecule has 1 aliphatic carbocycles. The molecular weight excluding hydrogens is 602 g/mol. The van der Waals surface area contributed by atoms with Crippen LogP contribution in [0.25, 0.3) is 0 Å². The molecule has 9 heteroatoms. The highest BCUT2D eigenvalue weighted by Gasteiger charge is 2.44. The number of alkyl halides is 3. The molecule has 0 radical (unpaired) electrons. The van der Waals surface area contributed by atoms with Crippen molar-refractivity contribution in [2.75, 3.05) is 0 Å². The average molecular weight is 640 g/mol. The van der Waals surface area contributed by atoms with Gasteiger partial charge in [0.25, 0.3) is 0 Å². The van der Waals surface area contributed by atoms with E-state index in [2.05, 4.69) is 70.3 Å². The number of fused-ring (bicyclic) bond motifs is 1. The number of aliphatic hydroxyl groups excluding tert-OH is 1. The second kappa shape index (κ2) is 9.67. The normalized spacial score (nSPS) is 19.7. The topological polar surface area (TPSA) is 42.4 Å². The van der Waals surface area contributed by atoms with Gasteiger partial charge in [0, 0.05) is 25.3 Å². The van der Waals surface area contributed by atoms with Gasteiger partial charge in [0.15, 0.2) is 8.32 Å². The van der Waals surface area contributed by atoms with Crippen LogP contribution >= 0.6 is 33.9 Å². The van der Waals surface area contributed by atoms with Gasteiger partial charge in [-0.3, -0.25) is 4.98 Å². The predicted molar refractivity (Wildman–Crippen MR) is 148 cm³/mol. The number of aliphatic hydroxyl groups is 1. The Kier molecular flexibility index (Phi) is 8.03. The summed E-state index contributed by atoms with van der Waals surface area (Å²) in [6.45, 7) is 19.6. The number of nitrogens with zero attached hydrogens (tertiary/aromatic N) is 1. The highest BCUT2D eigenvalue weighted by molar-refractivity contribution is 14.1. The van der Waals surface area contributed by atoms with E-state index >= 15 is 0 Å². The summed E-state index contributed by atoms with van der Waals surface area (Å²) < 4.78 is 47.6. The molecule has 0 amide bonds. The predicted octanol–water partition coefficient (Wildman–Crippen LogP) is 9.01. The Morgan fingerprint density at radius 1 is 1.20 bits per heavy atom. The first kappa shape index (κ1) is 29.1. The smallest absolute Gasteiger partial charge is 0.410 e. The van der Waals surface area contributed by atoms with Gasteiger partial charge in [-0.15, -0.1) is 11.3 Å². The van der Waals surface area contributed by atoms with Crippen LogP contribution in [0.5, 0.6) is 0 Å². The summed E-state index contributed by atoms with van der Waals surface area (Å²) in [5, 5.41) is 11.4. The molecule has 0 aliphatic heterocycles. The van der Waals surface area contributed by atoms with Crippen LogP contribution in [-0.2, 0) is 17.0 Å². The van der Waals surface area contributed by atoms with E-state index in [1.165, 1.54) is 6.07 Å². The lowest BCUT2D eigenvalue weighted by Gasteiger charge is -2.44. The molecule has 3 nitrogen and oxygen atoms in total. The van der Waals surface area contributed by atoms with Gasteiger partial charge < -0.3 is 9.53 Å². The SMILES string of the molecule is CC(C)c1nc2c(c(I)c1[C@@H](O)c1ccc(C(F)(F)F)s1)C(O[Si](C)(C)C(C)(C)C)CC(C)(C)C2. The largest absolute Gasteiger partial charge is 0.425 e. The lowest BCUT2D eigenvalue weighted by molar-refractivity contribution is -0.134. The molecule has 0 bridgehead atoms. The Labute approximate surface area is 226 Å². The quantitative estimate of drug-likeness (QED) is 0.262. The van der Waals surface area contributed by atoms with Crippen molar-refractivity contribution in [3.8, 4) is 0 Å². The molecule has 0 spiro atoms. The Morgan fingerprint density at radius 2 is 1.80 bits per heavy atom. The summed E-state index contributed by atoms with van der Waals surface area (Å²) in [7, 11) is -2.12. The van der Waals surface area contributed by atoms with Crippen molar-refractivity contribution < 1.29 is 22.7 Å². The minimum Gasteiger partial charge on any atom is -0.410 e. The van der Waals surface area contributed by atoms with Crippen LogP contribution in [-0.4, -0.2) is 18.4 Å². The van der Waals surface area contributed by atoms with Crippen molar-refractivity contribution in [1.82, 2.24) is 4.98 Å². The van der Waals surface area contributed by atoms with E-state index in [-0.39, 0.29) is 27.4 Å². The van der Waals surface area contributed by atoms with Crippen LogP contribution in [0.3, 0.4) is 0 Å². The summed E-state index contributed by atoms with van der Waals surface area (Å²) >= 11 is 2.86. The van der Waals surface area contributed by atoms with Crippen LogP contribution in [0.15, 0.2) is 12.1 Å². The lowest BCUT2D eigenvalue weighted by atomic mass is 9.74. The number of rotatable bonds is 5. The van der Waals surface area contributed by atoms with Crippen molar-refractivity contribution in [1.29, 1.82) is 0 Å². The van der Waals surface area contributed by atoms with E-state index < -0.39 is 25.5 Å². The second-order valence-corrected chi connectivity index (χ2v) is 19.2. The standard InChI is InChI=1S/C26H37F3INO2SSi/c1-14(2)22-20(23(32)17-10-11-18(34-17)26(27,28)29)21(30)19-15(31-22)12-25(6,7)13-16(19)33-35(8,9)24(3,4)5/h10-11,14,16,23,32H,12-13H2,1-9H3/t16?,23-/m0/s1. The van der Waals surface area contributed by atoms with E-state index in [0.717, 1.165) is 39.4 Å². The molecule has 1 aliphatic rings. The van der Waals surface area contributed by atoms with Crippen LogP contribution in [0.4, 0.5) is 13.2 Å². The van der Waals surface area contributed by atoms with E-state index in [1.807, 2.05) is 13.8 Å². The van der Waals surface area contributed by atoms with Gasteiger partial charge in [0.05, 0.1) is 11.8 Å². The van der Waals surface area contributed by atoms with E-state index in [0.29, 0.717) is 16.9 Å². The zero-order chi connectivity index (χ0) is 26.7. The molecular formula is C26H37F3INO2SSi. The number of halogens is 4. The monoisotopic (exact) mass is 639 g/mol. The molecule has 0 fully saturated rings. The maximum atomic E-state index is 13.3. The van der Waals surface area contributed by atoms with Gasteiger partial charge in [-0.25, -0.2) is 0 Å². The third-order valence-electron chi connectivity index (χ3n) is 7.26. The third-order valence-corrected chi connectivity index (χ3v) is 14.1. The Morgan fingerprint density at radius 3 is 2.29 bits per heavy atom. The van der Waals surface area contributed by atoms with Crippen LogP contribution < -0.4 is 0 Å². The lowest BCUT2D eigenvalue weighted by Crippen LogP contribution is -2.44. The summed E-state index contributed by atoms with van der Waals surface area (Å²) in [6, 6.07) is 2.42.